The number of rotatable bonds is 12. The van der Waals surface area contributed by atoms with Gasteiger partial charge in [-0.25, -0.2) is 19.7 Å². The average molecular weight is 645 g/mol. The van der Waals surface area contributed by atoms with Gasteiger partial charge in [-0.05, 0) is 52.7 Å². The van der Waals surface area contributed by atoms with E-state index in [1.807, 2.05) is 52.8 Å². The number of ether oxygens (including phenoxy) is 2. The third-order valence-electron chi connectivity index (χ3n) is 6.63. The molecule has 1 aliphatic heterocycles. The molecule has 0 radical (unpaired) electrons. The maximum Gasteiger partial charge on any atom is 0.407 e. The van der Waals surface area contributed by atoms with Crippen LogP contribution in [0.5, 0.6) is 0 Å². The Bertz CT molecular complexity index is 1400. The van der Waals surface area contributed by atoms with Gasteiger partial charge in [-0.3, -0.25) is 9.69 Å². The van der Waals surface area contributed by atoms with Crippen LogP contribution in [0.1, 0.15) is 48.3 Å². The maximum absolute atomic E-state index is 12.8. The number of benzene rings is 1. The number of aryl methyl sites for hydroxylation is 2. The second-order valence-electron chi connectivity index (χ2n) is 11.4. The van der Waals surface area contributed by atoms with E-state index in [2.05, 4.69) is 40.7 Å². The van der Waals surface area contributed by atoms with Gasteiger partial charge >= 0.3 is 6.09 Å². The van der Waals surface area contributed by atoms with Crippen molar-refractivity contribution in [3.8, 4) is 0 Å². The Kier molecular flexibility index (Phi) is 11.7. The number of alkyl carbamates (subject to hydrolysis) is 1. The Labute approximate surface area is 267 Å². The molecule has 44 heavy (non-hydrogen) atoms. The Morgan fingerprint density at radius 2 is 1.86 bits per heavy atom. The van der Waals surface area contributed by atoms with Crippen LogP contribution in [-0.4, -0.2) is 89.9 Å². The number of carbonyl (C=O) groups is 2. The predicted octanol–water partition coefficient (Wildman–Crippen LogP) is 5.25. The summed E-state index contributed by atoms with van der Waals surface area (Å²) in [7, 11) is 0. The molecular formula is C30H41ClN8O4S. The quantitative estimate of drug-likeness (QED) is 0.224. The molecule has 3 aromatic rings. The van der Waals surface area contributed by atoms with Crippen molar-refractivity contribution in [2.45, 2.75) is 46.6 Å². The number of halogens is 1. The number of anilines is 4. The van der Waals surface area contributed by atoms with E-state index in [0.717, 1.165) is 50.5 Å². The van der Waals surface area contributed by atoms with E-state index in [4.69, 9.17) is 21.1 Å². The Hall–Kier alpha value is -3.52. The Morgan fingerprint density at radius 3 is 2.59 bits per heavy atom. The Morgan fingerprint density at radius 1 is 1.09 bits per heavy atom. The van der Waals surface area contributed by atoms with Gasteiger partial charge in [0.2, 0.25) is 0 Å². The van der Waals surface area contributed by atoms with Gasteiger partial charge in [0.1, 0.15) is 27.9 Å². The molecule has 1 aromatic carbocycles. The zero-order valence-electron chi connectivity index (χ0n) is 25.9. The lowest BCUT2D eigenvalue weighted by Gasteiger charge is -2.35. The zero-order valence-corrected chi connectivity index (χ0v) is 27.5. The third kappa shape index (κ3) is 10.3. The van der Waals surface area contributed by atoms with E-state index in [-0.39, 0.29) is 5.91 Å². The fourth-order valence-corrected chi connectivity index (χ4v) is 5.45. The number of nitrogens with zero attached hydrogens (tertiary/aromatic N) is 5. The highest BCUT2D eigenvalue weighted by atomic mass is 35.5. The van der Waals surface area contributed by atoms with Crippen molar-refractivity contribution < 1.29 is 19.1 Å². The number of hydrogen-bond acceptors (Lipinski definition) is 11. The molecule has 3 heterocycles. The number of hydrogen-bond donors (Lipinski definition) is 3. The molecule has 12 nitrogen and oxygen atoms in total. The van der Waals surface area contributed by atoms with Gasteiger partial charge in [-0.2, -0.15) is 0 Å². The van der Waals surface area contributed by atoms with Crippen molar-refractivity contribution in [3.05, 3.63) is 51.7 Å². The first-order chi connectivity index (χ1) is 21.0. The fourth-order valence-electron chi connectivity index (χ4n) is 4.46. The van der Waals surface area contributed by atoms with Crippen LogP contribution in [0, 0.1) is 13.8 Å². The third-order valence-corrected chi connectivity index (χ3v) is 7.86. The molecule has 4 rings (SSSR count). The summed E-state index contributed by atoms with van der Waals surface area (Å²) in [6.45, 7) is 15.3. The standard InChI is InChI=1S/C30H41ClN8O4S/c1-20-8-6-9-22(31)26(20)37-27(40)23-19-33-28(44-23)36-24-18-25(35-21(2)34-24)39-13-11-38(12-14-39)15-17-42-16-7-10-32-29(41)43-30(3,4)5/h6,8-9,18-19H,7,10-17H2,1-5H3,(H,32,41)(H,37,40)(H,33,34,35,36). The van der Waals surface area contributed by atoms with Crippen molar-refractivity contribution in [2.75, 3.05) is 68.0 Å². The van der Waals surface area contributed by atoms with Gasteiger partial charge in [-0.1, -0.05) is 35.1 Å². The van der Waals surface area contributed by atoms with E-state index in [1.54, 1.807) is 6.07 Å². The topological polar surface area (TPSA) is 134 Å². The molecule has 238 valence electrons. The van der Waals surface area contributed by atoms with E-state index in [0.29, 0.717) is 52.1 Å². The molecule has 0 aliphatic carbocycles. The first-order valence-electron chi connectivity index (χ1n) is 14.6. The molecule has 2 aromatic heterocycles. The fraction of sp³-hybridized carbons (Fsp3) is 0.500. The molecule has 1 fully saturated rings. The number of nitrogens with one attached hydrogen (secondary N) is 3. The van der Waals surface area contributed by atoms with Crippen LogP contribution >= 0.6 is 22.9 Å². The number of amides is 2. The molecule has 3 N–H and O–H groups in total. The van der Waals surface area contributed by atoms with Crippen LogP contribution in [0.3, 0.4) is 0 Å². The van der Waals surface area contributed by atoms with Gasteiger partial charge in [0.15, 0.2) is 5.13 Å². The zero-order chi connectivity index (χ0) is 31.7. The van der Waals surface area contributed by atoms with Crippen molar-refractivity contribution >= 4 is 57.4 Å². The highest BCUT2D eigenvalue weighted by Crippen LogP contribution is 2.28. The largest absolute Gasteiger partial charge is 0.444 e. The summed E-state index contributed by atoms with van der Waals surface area (Å²) in [5.41, 5.74) is 0.977. The summed E-state index contributed by atoms with van der Waals surface area (Å²) < 4.78 is 11.0. The summed E-state index contributed by atoms with van der Waals surface area (Å²) in [6.07, 6.45) is 1.86. The first kappa shape index (κ1) is 33.4. The van der Waals surface area contributed by atoms with Crippen molar-refractivity contribution in [1.29, 1.82) is 0 Å². The van der Waals surface area contributed by atoms with Gasteiger partial charge in [0.05, 0.1) is 23.5 Å². The molecule has 1 saturated heterocycles. The monoisotopic (exact) mass is 644 g/mol. The number of para-hydroxylation sites is 1. The van der Waals surface area contributed by atoms with E-state index >= 15 is 0 Å². The Balaban J connectivity index is 1.19. The van der Waals surface area contributed by atoms with E-state index < -0.39 is 11.7 Å². The lowest BCUT2D eigenvalue weighted by Crippen LogP contribution is -2.47. The lowest BCUT2D eigenvalue weighted by molar-refractivity contribution is 0.0517. The summed E-state index contributed by atoms with van der Waals surface area (Å²) in [4.78, 5) is 43.1. The highest BCUT2D eigenvalue weighted by Gasteiger charge is 2.20. The summed E-state index contributed by atoms with van der Waals surface area (Å²) in [5, 5.41) is 9.89. The number of aromatic nitrogens is 3. The minimum Gasteiger partial charge on any atom is -0.444 e. The van der Waals surface area contributed by atoms with E-state index in [9.17, 15) is 9.59 Å². The minimum absolute atomic E-state index is 0.273. The highest BCUT2D eigenvalue weighted by molar-refractivity contribution is 7.17. The molecule has 14 heteroatoms. The number of carbonyl (C=O) groups excluding carboxylic acids is 2. The van der Waals surface area contributed by atoms with Crippen LogP contribution in [0.25, 0.3) is 0 Å². The summed E-state index contributed by atoms with van der Waals surface area (Å²) >= 11 is 7.50. The summed E-state index contributed by atoms with van der Waals surface area (Å²) in [6, 6.07) is 7.39. The van der Waals surface area contributed by atoms with Crippen LogP contribution in [0.2, 0.25) is 5.02 Å². The second-order valence-corrected chi connectivity index (χ2v) is 12.9. The molecule has 0 saturated carbocycles. The average Bonchev–Trinajstić information content (AvgIpc) is 3.42. The SMILES string of the molecule is Cc1nc(Nc2ncc(C(=O)Nc3c(C)cccc3Cl)s2)cc(N2CCN(CCOCCCNC(=O)OC(C)(C)C)CC2)n1. The molecule has 1 aliphatic rings. The van der Waals surface area contributed by atoms with Gasteiger partial charge in [0.25, 0.3) is 5.91 Å². The van der Waals surface area contributed by atoms with Gasteiger partial charge < -0.3 is 30.3 Å². The second kappa shape index (κ2) is 15.5. The summed E-state index contributed by atoms with van der Waals surface area (Å²) in [5.74, 6) is 1.83. The van der Waals surface area contributed by atoms with Crippen LogP contribution in [0.4, 0.5) is 27.2 Å². The lowest BCUT2D eigenvalue weighted by atomic mass is 10.2. The van der Waals surface area contributed by atoms with Crippen molar-refractivity contribution in [2.24, 2.45) is 0 Å². The normalized spacial score (nSPS) is 13.9. The smallest absolute Gasteiger partial charge is 0.407 e. The number of piperazine rings is 1. The molecule has 2 amide bonds. The molecule has 0 unspecified atom stereocenters. The van der Waals surface area contributed by atoms with Crippen molar-refractivity contribution in [3.63, 3.8) is 0 Å². The first-order valence-corrected chi connectivity index (χ1v) is 15.8. The maximum atomic E-state index is 12.8. The number of thiazole rings is 1. The van der Waals surface area contributed by atoms with Crippen molar-refractivity contribution in [1.82, 2.24) is 25.2 Å². The molecule has 0 bridgehead atoms. The van der Waals surface area contributed by atoms with Gasteiger partial charge in [-0.15, -0.1) is 0 Å². The van der Waals surface area contributed by atoms with Crippen LogP contribution in [-0.2, 0) is 9.47 Å². The van der Waals surface area contributed by atoms with E-state index in [1.165, 1.54) is 17.5 Å². The van der Waals surface area contributed by atoms with Crippen LogP contribution < -0.4 is 20.9 Å². The predicted molar refractivity (Wildman–Crippen MR) is 175 cm³/mol. The van der Waals surface area contributed by atoms with Crippen LogP contribution in [0.15, 0.2) is 30.5 Å². The van der Waals surface area contributed by atoms with Gasteiger partial charge in [0, 0.05) is 51.9 Å². The minimum atomic E-state index is -0.498. The molecule has 0 atom stereocenters. The molecule has 0 spiro atoms. The molecular weight excluding hydrogens is 604 g/mol.